The average Bonchev–Trinajstić information content (AvgIpc) is 2.56. The van der Waals surface area contributed by atoms with Crippen LogP contribution in [0.5, 0.6) is 0 Å². The van der Waals surface area contributed by atoms with Crippen LogP contribution in [0.1, 0.15) is 12.5 Å². The van der Waals surface area contributed by atoms with Gasteiger partial charge in [-0.25, -0.2) is 0 Å². The normalized spacial score (nSPS) is 10.4. The first-order valence-electron chi connectivity index (χ1n) is 6.98. The van der Waals surface area contributed by atoms with Crippen LogP contribution >= 0.6 is 0 Å². The van der Waals surface area contributed by atoms with E-state index >= 15 is 0 Å². The minimum Gasteiger partial charge on any atom is -0.256 e. The molecule has 1 aromatic heterocycles. The second-order valence-electron chi connectivity index (χ2n) is 4.81. The Hall–Kier alpha value is -2.41. The monoisotopic (exact) mass is 259 g/mol. The van der Waals surface area contributed by atoms with Gasteiger partial charge in [-0.2, -0.15) is 0 Å². The van der Waals surface area contributed by atoms with Crippen molar-refractivity contribution in [3.05, 3.63) is 78.5 Å². The van der Waals surface area contributed by atoms with E-state index in [4.69, 9.17) is 0 Å². The van der Waals surface area contributed by atoms with Crippen LogP contribution in [-0.2, 0) is 6.42 Å². The molecule has 0 atom stereocenters. The Bertz CT molecular complexity index is 702. The Labute approximate surface area is 119 Å². The third-order valence-electron chi connectivity index (χ3n) is 3.52. The highest BCUT2D eigenvalue weighted by Gasteiger charge is 2.06. The molecule has 98 valence electrons. The lowest BCUT2D eigenvalue weighted by atomic mass is 9.99. The molecule has 1 heterocycles. The quantitative estimate of drug-likeness (QED) is 0.646. The zero-order valence-corrected chi connectivity index (χ0v) is 11.6. The van der Waals surface area contributed by atoms with E-state index in [0.717, 1.165) is 12.1 Å². The third-order valence-corrected chi connectivity index (χ3v) is 3.52. The van der Waals surface area contributed by atoms with Gasteiger partial charge in [-0.05, 0) is 35.2 Å². The summed E-state index contributed by atoms with van der Waals surface area (Å²) in [4.78, 5) is 4.55. The first kappa shape index (κ1) is 12.6. The van der Waals surface area contributed by atoms with Crippen LogP contribution < -0.4 is 0 Å². The summed E-state index contributed by atoms with van der Waals surface area (Å²) in [5.41, 5.74) is 6.04. The first-order chi connectivity index (χ1) is 9.88. The van der Waals surface area contributed by atoms with Crippen LogP contribution in [0.4, 0.5) is 0 Å². The molecule has 1 nitrogen and oxygen atoms in total. The molecule has 0 amide bonds. The zero-order chi connectivity index (χ0) is 13.8. The van der Waals surface area contributed by atoms with Crippen molar-refractivity contribution in [2.45, 2.75) is 13.3 Å². The fraction of sp³-hybridized carbons (Fsp3) is 0.105. The van der Waals surface area contributed by atoms with Gasteiger partial charge in [0.15, 0.2) is 0 Å². The summed E-state index contributed by atoms with van der Waals surface area (Å²) < 4.78 is 0. The largest absolute Gasteiger partial charge is 0.256 e. The minimum atomic E-state index is 0.999. The number of hydrogen-bond acceptors (Lipinski definition) is 1. The van der Waals surface area contributed by atoms with Gasteiger partial charge < -0.3 is 0 Å². The fourth-order valence-corrected chi connectivity index (χ4v) is 2.46. The maximum Gasteiger partial charge on any atom is 0.0733 e. The number of aryl methyl sites for hydroxylation is 1. The second-order valence-corrected chi connectivity index (χ2v) is 4.81. The van der Waals surface area contributed by atoms with Crippen molar-refractivity contribution in [3.8, 4) is 22.4 Å². The van der Waals surface area contributed by atoms with E-state index in [2.05, 4.69) is 66.5 Å². The van der Waals surface area contributed by atoms with E-state index in [1.165, 1.54) is 22.3 Å². The summed E-state index contributed by atoms with van der Waals surface area (Å²) in [5, 5.41) is 0. The topological polar surface area (TPSA) is 12.9 Å². The predicted molar refractivity (Wildman–Crippen MR) is 84.5 cm³/mol. The summed E-state index contributed by atoms with van der Waals surface area (Å²) in [7, 11) is 0. The molecule has 0 aliphatic rings. The van der Waals surface area contributed by atoms with Crippen LogP contribution in [0.3, 0.4) is 0 Å². The van der Waals surface area contributed by atoms with Gasteiger partial charge in [0.25, 0.3) is 0 Å². The molecule has 0 saturated carbocycles. The molecule has 0 saturated heterocycles. The Balaban J connectivity index is 2.08. The molecular formula is C19H17N. The molecule has 0 aliphatic heterocycles. The van der Waals surface area contributed by atoms with E-state index in [0.29, 0.717) is 0 Å². The lowest BCUT2D eigenvalue weighted by molar-refractivity contribution is 1.11. The van der Waals surface area contributed by atoms with Crippen molar-refractivity contribution in [2.75, 3.05) is 0 Å². The van der Waals surface area contributed by atoms with Gasteiger partial charge in [-0.1, -0.05) is 61.5 Å². The molecular weight excluding hydrogens is 242 g/mol. The van der Waals surface area contributed by atoms with Gasteiger partial charge >= 0.3 is 0 Å². The molecule has 0 N–H and O–H groups in total. The number of rotatable bonds is 3. The van der Waals surface area contributed by atoms with E-state index in [1.807, 2.05) is 18.3 Å². The Morgan fingerprint density at radius 2 is 1.50 bits per heavy atom. The van der Waals surface area contributed by atoms with Crippen LogP contribution in [0.25, 0.3) is 22.4 Å². The van der Waals surface area contributed by atoms with E-state index < -0.39 is 0 Å². The van der Waals surface area contributed by atoms with E-state index in [9.17, 15) is 0 Å². The lowest BCUT2D eigenvalue weighted by Crippen LogP contribution is -1.91. The summed E-state index contributed by atoms with van der Waals surface area (Å²) in [5.74, 6) is 0. The molecule has 0 spiro atoms. The summed E-state index contributed by atoms with van der Waals surface area (Å²) in [6, 6.07) is 23.2. The summed E-state index contributed by atoms with van der Waals surface area (Å²) in [6.07, 6.45) is 2.86. The first-order valence-corrected chi connectivity index (χ1v) is 6.98. The van der Waals surface area contributed by atoms with Gasteiger partial charge in [0, 0.05) is 11.8 Å². The maximum atomic E-state index is 4.55. The lowest BCUT2D eigenvalue weighted by Gasteiger charge is -2.08. The molecule has 0 radical (unpaired) electrons. The molecule has 0 aliphatic carbocycles. The molecule has 2 aromatic carbocycles. The Kier molecular flexibility index (Phi) is 3.60. The van der Waals surface area contributed by atoms with Gasteiger partial charge in [-0.3, -0.25) is 4.98 Å². The second kappa shape index (κ2) is 5.70. The van der Waals surface area contributed by atoms with Crippen LogP contribution in [0.2, 0.25) is 0 Å². The summed E-state index contributed by atoms with van der Waals surface area (Å²) in [6.45, 7) is 2.17. The van der Waals surface area contributed by atoms with Crippen molar-refractivity contribution < 1.29 is 0 Å². The SMILES string of the molecule is CCc1cccnc1-c1cccc(-c2ccccc2)c1. The smallest absolute Gasteiger partial charge is 0.0733 e. The fourth-order valence-electron chi connectivity index (χ4n) is 2.46. The standard InChI is InChI=1S/C19H17N/c1-2-15-12-7-13-20-19(15)18-11-6-10-17(14-18)16-8-4-3-5-9-16/h3-14H,2H2,1H3. The number of benzene rings is 2. The number of nitrogens with zero attached hydrogens (tertiary/aromatic N) is 1. The van der Waals surface area contributed by atoms with Crippen molar-refractivity contribution in [1.29, 1.82) is 0 Å². The molecule has 3 aromatic rings. The molecule has 3 rings (SSSR count). The van der Waals surface area contributed by atoms with Crippen molar-refractivity contribution in [1.82, 2.24) is 4.98 Å². The highest BCUT2D eigenvalue weighted by Crippen LogP contribution is 2.27. The van der Waals surface area contributed by atoms with Gasteiger partial charge in [0.1, 0.15) is 0 Å². The van der Waals surface area contributed by atoms with Crippen LogP contribution in [-0.4, -0.2) is 4.98 Å². The predicted octanol–water partition coefficient (Wildman–Crippen LogP) is 4.98. The molecule has 0 unspecified atom stereocenters. The van der Waals surface area contributed by atoms with E-state index in [-0.39, 0.29) is 0 Å². The highest BCUT2D eigenvalue weighted by atomic mass is 14.7. The van der Waals surface area contributed by atoms with Crippen LogP contribution in [0, 0.1) is 0 Å². The molecule has 0 bridgehead atoms. The van der Waals surface area contributed by atoms with Crippen molar-refractivity contribution >= 4 is 0 Å². The Morgan fingerprint density at radius 1 is 0.750 bits per heavy atom. The minimum absolute atomic E-state index is 0.999. The average molecular weight is 259 g/mol. The Morgan fingerprint density at radius 3 is 2.30 bits per heavy atom. The van der Waals surface area contributed by atoms with Crippen molar-refractivity contribution in [2.24, 2.45) is 0 Å². The highest BCUT2D eigenvalue weighted by molar-refractivity contribution is 5.72. The van der Waals surface area contributed by atoms with Gasteiger partial charge in [0.05, 0.1) is 5.69 Å². The maximum absolute atomic E-state index is 4.55. The third kappa shape index (κ3) is 2.48. The van der Waals surface area contributed by atoms with E-state index in [1.54, 1.807) is 0 Å². The van der Waals surface area contributed by atoms with Gasteiger partial charge in [0.2, 0.25) is 0 Å². The van der Waals surface area contributed by atoms with Gasteiger partial charge in [-0.15, -0.1) is 0 Å². The zero-order valence-electron chi connectivity index (χ0n) is 11.6. The summed E-state index contributed by atoms with van der Waals surface area (Å²) >= 11 is 0. The molecule has 0 fully saturated rings. The van der Waals surface area contributed by atoms with Crippen LogP contribution in [0.15, 0.2) is 72.9 Å². The number of aromatic nitrogens is 1. The molecule has 1 heteroatoms. The van der Waals surface area contributed by atoms with Crippen molar-refractivity contribution in [3.63, 3.8) is 0 Å². The molecule has 20 heavy (non-hydrogen) atoms. The number of pyridine rings is 1. The number of hydrogen-bond donors (Lipinski definition) is 0.